The molecule has 0 amide bonds. The molecule has 1 N–H and O–H groups in total. The van der Waals surface area contributed by atoms with E-state index in [9.17, 15) is 4.79 Å². The van der Waals surface area contributed by atoms with E-state index >= 15 is 0 Å². The monoisotopic (exact) mass is 240 g/mol. The molecule has 0 aliphatic rings. The predicted molar refractivity (Wildman–Crippen MR) is 44.0 cm³/mol. The Labute approximate surface area is 74.6 Å². The molecule has 0 saturated carbocycles. The van der Waals surface area contributed by atoms with Crippen LogP contribution in [-0.4, -0.2) is 11.1 Å². The van der Waals surface area contributed by atoms with Crippen LogP contribution < -0.4 is 0 Å². The molecular weight excluding hydrogens is 239 g/mol. The summed E-state index contributed by atoms with van der Waals surface area (Å²) in [4.78, 5) is 10.5. The largest absolute Gasteiger partial charge is 0.477 e. The van der Waals surface area contributed by atoms with Gasteiger partial charge in [0.15, 0.2) is 0 Å². The Morgan fingerprint density at radius 1 is 1.80 bits per heavy atom. The number of halogens is 2. The fraction of sp³-hybridized carbons (Fsp3) is 0. The number of thiophene rings is 1. The Morgan fingerprint density at radius 3 is 2.60 bits per heavy atom. The maximum absolute atomic E-state index is 10.3. The molecule has 1 heterocycles. The van der Waals surface area contributed by atoms with E-state index in [4.69, 9.17) is 16.7 Å². The molecule has 0 aromatic carbocycles. The van der Waals surface area contributed by atoms with Crippen molar-refractivity contribution in [3.8, 4) is 0 Å². The second-order valence-corrected chi connectivity index (χ2v) is 3.64. The number of hydrogen-bond acceptors (Lipinski definition) is 2. The lowest BCUT2D eigenvalue weighted by molar-refractivity contribution is 0.0702. The zero-order chi connectivity index (χ0) is 7.72. The van der Waals surface area contributed by atoms with Crippen molar-refractivity contribution in [2.75, 3.05) is 0 Å². The average Bonchev–Trinajstić information content (AvgIpc) is 2.14. The molecule has 0 bridgehead atoms. The van der Waals surface area contributed by atoms with Crippen molar-refractivity contribution < 1.29 is 9.90 Å². The molecule has 0 fully saturated rings. The van der Waals surface area contributed by atoms with Crippen molar-refractivity contribution >= 4 is 44.8 Å². The second-order valence-electron chi connectivity index (χ2n) is 1.53. The average molecular weight is 241 g/mol. The summed E-state index contributed by atoms with van der Waals surface area (Å²) in [5.41, 5.74) is 0. The van der Waals surface area contributed by atoms with E-state index in [0.29, 0.717) is 4.47 Å². The van der Waals surface area contributed by atoms with Gasteiger partial charge in [0, 0.05) is 9.85 Å². The molecule has 0 radical (unpaired) electrons. The molecule has 5 heteroatoms. The van der Waals surface area contributed by atoms with Crippen molar-refractivity contribution in [3.05, 3.63) is 19.8 Å². The molecule has 1 rings (SSSR count). The van der Waals surface area contributed by atoms with Gasteiger partial charge < -0.3 is 5.11 Å². The first-order valence-corrected chi connectivity index (χ1v) is 4.33. The zero-order valence-electron chi connectivity index (χ0n) is 4.60. The molecule has 2 nitrogen and oxygen atoms in total. The molecule has 0 unspecified atom stereocenters. The Kier molecular flexibility index (Phi) is 2.33. The van der Waals surface area contributed by atoms with Gasteiger partial charge in [0.25, 0.3) is 0 Å². The third-order valence-electron chi connectivity index (χ3n) is 0.884. The van der Waals surface area contributed by atoms with Crippen LogP contribution in [-0.2, 0) is 0 Å². The quantitative estimate of drug-likeness (QED) is 0.821. The van der Waals surface area contributed by atoms with Crippen molar-refractivity contribution in [3.63, 3.8) is 0 Å². The highest BCUT2D eigenvalue weighted by molar-refractivity contribution is 9.10. The fourth-order valence-electron chi connectivity index (χ4n) is 0.467. The van der Waals surface area contributed by atoms with Crippen LogP contribution in [0.25, 0.3) is 0 Å². The summed E-state index contributed by atoms with van der Waals surface area (Å²) in [5, 5.41) is 10.4. The van der Waals surface area contributed by atoms with Gasteiger partial charge in [0.05, 0.1) is 5.02 Å². The Hall–Kier alpha value is -0.0600. The minimum Gasteiger partial charge on any atom is -0.477 e. The van der Waals surface area contributed by atoms with Crippen molar-refractivity contribution in [2.45, 2.75) is 0 Å². The summed E-state index contributed by atoms with van der Waals surface area (Å²) in [6.07, 6.45) is 0. The minimum absolute atomic E-state index is 0.175. The van der Waals surface area contributed by atoms with Gasteiger partial charge in [0.1, 0.15) is 4.88 Å². The zero-order valence-corrected chi connectivity index (χ0v) is 7.76. The smallest absolute Gasteiger partial charge is 0.347 e. The van der Waals surface area contributed by atoms with E-state index in [-0.39, 0.29) is 9.90 Å². The fourth-order valence-corrected chi connectivity index (χ4v) is 2.06. The van der Waals surface area contributed by atoms with E-state index in [1.165, 1.54) is 0 Å². The van der Waals surface area contributed by atoms with E-state index in [1.807, 2.05) is 0 Å². The van der Waals surface area contributed by atoms with E-state index in [0.717, 1.165) is 11.3 Å². The number of carboxylic acids is 1. The standard InChI is InChI=1S/C5H2BrClO2S/c6-2-1-10-4(3(2)7)5(8)9/h1H,(H,8,9). The SMILES string of the molecule is O=C(O)c1scc(Br)c1Cl. The molecule has 0 spiro atoms. The van der Waals surface area contributed by atoms with E-state index in [1.54, 1.807) is 5.38 Å². The molecule has 0 atom stereocenters. The lowest BCUT2D eigenvalue weighted by atomic mass is 10.5. The number of rotatable bonds is 1. The van der Waals surface area contributed by atoms with Gasteiger partial charge in [-0.25, -0.2) is 4.79 Å². The highest BCUT2D eigenvalue weighted by Crippen LogP contribution is 2.31. The first-order chi connectivity index (χ1) is 4.63. The number of hydrogen-bond donors (Lipinski definition) is 1. The van der Waals surface area contributed by atoms with E-state index < -0.39 is 5.97 Å². The van der Waals surface area contributed by atoms with Gasteiger partial charge in [-0.05, 0) is 15.9 Å². The normalized spacial score (nSPS) is 9.80. The summed E-state index contributed by atoms with van der Waals surface area (Å²) in [6, 6.07) is 0. The van der Waals surface area contributed by atoms with Crippen LogP contribution in [0.15, 0.2) is 9.85 Å². The lowest BCUT2D eigenvalue weighted by Crippen LogP contribution is -1.91. The molecule has 0 aliphatic heterocycles. The van der Waals surface area contributed by atoms with Crippen molar-refractivity contribution in [1.82, 2.24) is 0 Å². The highest BCUT2D eigenvalue weighted by Gasteiger charge is 2.12. The first-order valence-electron chi connectivity index (χ1n) is 2.28. The van der Waals surface area contributed by atoms with Gasteiger partial charge in [-0.15, -0.1) is 11.3 Å². The van der Waals surface area contributed by atoms with Crippen LogP contribution >= 0.6 is 38.9 Å². The van der Waals surface area contributed by atoms with Gasteiger partial charge >= 0.3 is 5.97 Å². The Morgan fingerprint density at radius 2 is 2.40 bits per heavy atom. The maximum atomic E-state index is 10.3. The molecular formula is C5H2BrClO2S. The number of carbonyl (C=O) groups is 1. The summed E-state index contributed by atoms with van der Waals surface area (Å²) >= 11 is 9.79. The summed E-state index contributed by atoms with van der Waals surface area (Å²) in [5.74, 6) is -0.985. The second kappa shape index (κ2) is 2.90. The molecule has 1 aromatic rings. The molecule has 0 saturated heterocycles. The maximum Gasteiger partial charge on any atom is 0.347 e. The Bertz CT molecular complexity index is 271. The third kappa shape index (κ3) is 1.33. The Balaban J connectivity index is 3.17. The summed E-state index contributed by atoms with van der Waals surface area (Å²) in [6.45, 7) is 0. The topological polar surface area (TPSA) is 37.3 Å². The highest BCUT2D eigenvalue weighted by atomic mass is 79.9. The van der Waals surface area contributed by atoms with E-state index in [2.05, 4.69) is 15.9 Å². The lowest BCUT2D eigenvalue weighted by Gasteiger charge is -1.86. The van der Waals surface area contributed by atoms with Gasteiger partial charge in [0.2, 0.25) is 0 Å². The van der Waals surface area contributed by atoms with Gasteiger partial charge in [-0.3, -0.25) is 0 Å². The van der Waals surface area contributed by atoms with Crippen LogP contribution in [0, 0.1) is 0 Å². The number of carboxylic acid groups (broad SMARTS) is 1. The summed E-state index contributed by atoms with van der Waals surface area (Å²) < 4.78 is 0.636. The van der Waals surface area contributed by atoms with Gasteiger partial charge in [-0.2, -0.15) is 0 Å². The van der Waals surface area contributed by atoms with Crippen LogP contribution in [0.4, 0.5) is 0 Å². The van der Waals surface area contributed by atoms with Crippen molar-refractivity contribution in [1.29, 1.82) is 0 Å². The number of aromatic carboxylic acids is 1. The molecule has 0 aliphatic carbocycles. The van der Waals surface area contributed by atoms with Crippen molar-refractivity contribution in [2.24, 2.45) is 0 Å². The predicted octanol–water partition coefficient (Wildman–Crippen LogP) is 2.86. The third-order valence-corrected chi connectivity index (χ3v) is 3.51. The van der Waals surface area contributed by atoms with Crippen LogP contribution in [0.2, 0.25) is 5.02 Å². The van der Waals surface area contributed by atoms with Crippen LogP contribution in [0.3, 0.4) is 0 Å². The minimum atomic E-state index is -0.985. The summed E-state index contributed by atoms with van der Waals surface area (Å²) in [7, 11) is 0. The molecule has 54 valence electrons. The first kappa shape index (κ1) is 8.04. The molecule has 10 heavy (non-hydrogen) atoms. The van der Waals surface area contributed by atoms with Crippen LogP contribution in [0.5, 0.6) is 0 Å². The molecule has 1 aromatic heterocycles. The van der Waals surface area contributed by atoms with Crippen LogP contribution in [0.1, 0.15) is 9.67 Å². The van der Waals surface area contributed by atoms with Gasteiger partial charge in [-0.1, -0.05) is 11.6 Å².